The van der Waals surface area contributed by atoms with Crippen LogP contribution in [0.5, 0.6) is 0 Å². The predicted molar refractivity (Wildman–Crippen MR) is 177 cm³/mol. The summed E-state index contributed by atoms with van der Waals surface area (Å²) in [7, 11) is 0. The number of halogens is 3. The van der Waals surface area contributed by atoms with Crippen LogP contribution in [-0.4, -0.2) is 63.2 Å². The van der Waals surface area contributed by atoms with Gasteiger partial charge in [-0.15, -0.1) is 11.3 Å². The van der Waals surface area contributed by atoms with Crippen LogP contribution in [0, 0.1) is 18.3 Å². The minimum atomic E-state index is -4.29. The van der Waals surface area contributed by atoms with Gasteiger partial charge in [0, 0.05) is 47.5 Å². The summed E-state index contributed by atoms with van der Waals surface area (Å²) in [5, 5.41) is 18.5. The molecule has 5 aromatic rings. The highest BCUT2D eigenvalue weighted by molar-refractivity contribution is 7.18. The van der Waals surface area contributed by atoms with Crippen molar-refractivity contribution in [2.24, 2.45) is 5.73 Å². The third-order valence-corrected chi connectivity index (χ3v) is 9.77. The summed E-state index contributed by atoms with van der Waals surface area (Å²) in [5.41, 5.74) is 10.0. The van der Waals surface area contributed by atoms with Crippen LogP contribution in [-0.2, 0) is 30.7 Å². The zero-order chi connectivity index (χ0) is 33.1. The summed E-state index contributed by atoms with van der Waals surface area (Å²) in [6.07, 6.45) is -2.25. The molecule has 1 aliphatic heterocycles. The van der Waals surface area contributed by atoms with Gasteiger partial charge in [0.25, 0.3) is 0 Å². The standard InChI is InChI=1S/C34H35F3N8OS/c1-21-23(7-8-30-26(21)13-24(16-38)45(30)19-31(39)46)17-44-12-10-28(29(18-44)40-11-9-22-5-3-2-4-6-22)43-32-27-14-25(15-34(35,36)37)47-33(27)42-20-41-32/h2-8,13-14,20,28-29,40H,9-12,15,17-19H2,1H3,(H2,39,46)(H,41,42,43)/t28-,29-/m1/s1. The van der Waals surface area contributed by atoms with Crippen molar-refractivity contribution in [3.63, 3.8) is 0 Å². The Labute approximate surface area is 274 Å². The van der Waals surface area contributed by atoms with E-state index in [0.717, 1.165) is 65.8 Å². The van der Waals surface area contributed by atoms with E-state index in [1.807, 2.05) is 43.3 Å². The normalized spacial score (nSPS) is 17.3. The average Bonchev–Trinajstić information content (AvgIpc) is 3.60. The fraction of sp³-hybridized carbons (Fsp3) is 0.353. The Balaban J connectivity index is 1.22. The fourth-order valence-corrected chi connectivity index (χ4v) is 7.45. The molecule has 9 nitrogen and oxygen atoms in total. The Morgan fingerprint density at radius 2 is 1.94 bits per heavy atom. The number of hydrogen-bond acceptors (Lipinski definition) is 8. The van der Waals surface area contributed by atoms with Crippen LogP contribution >= 0.6 is 11.3 Å². The summed E-state index contributed by atoms with van der Waals surface area (Å²) < 4.78 is 41.0. The molecule has 1 fully saturated rings. The maximum atomic E-state index is 13.1. The molecular weight excluding hydrogens is 625 g/mol. The lowest BCUT2D eigenvalue weighted by Gasteiger charge is -2.40. The lowest BCUT2D eigenvalue weighted by atomic mass is 9.96. The molecule has 0 spiro atoms. The van der Waals surface area contributed by atoms with Crippen LogP contribution in [0.15, 0.2) is 60.9 Å². The maximum Gasteiger partial charge on any atom is 0.393 e. The summed E-state index contributed by atoms with van der Waals surface area (Å²) in [4.78, 5) is 23.5. The number of piperidine rings is 1. The highest BCUT2D eigenvalue weighted by atomic mass is 32.1. The molecule has 6 rings (SSSR count). The molecule has 0 aliphatic carbocycles. The largest absolute Gasteiger partial charge is 0.393 e. The highest BCUT2D eigenvalue weighted by Crippen LogP contribution is 2.33. The number of carbonyl (C=O) groups is 1. The van der Waals surface area contributed by atoms with E-state index in [9.17, 15) is 23.2 Å². The van der Waals surface area contributed by atoms with Gasteiger partial charge < -0.3 is 20.9 Å². The average molecular weight is 661 g/mol. The van der Waals surface area contributed by atoms with Gasteiger partial charge in [-0.2, -0.15) is 18.4 Å². The number of thiophene rings is 1. The number of benzene rings is 2. The Morgan fingerprint density at radius 3 is 2.68 bits per heavy atom. The third kappa shape index (κ3) is 7.56. The Hall–Kier alpha value is -4.51. The van der Waals surface area contributed by atoms with Gasteiger partial charge in [-0.05, 0) is 61.2 Å². The van der Waals surface area contributed by atoms with Gasteiger partial charge in [-0.25, -0.2) is 9.97 Å². The molecular formula is C34H35F3N8OS. The Bertz CT molecular complexity index is 1930. The number of aryl methyl sites for hydroxylation is 1. The monoisotopic (exact) mass is 660 g/mol. The lowest BCUT2D eigenvalue weighted by molar-refractivity contribution is -0.126. The van der Waals surface area contributed by atoms with Gasteiger partial charge in [0.05, 0.1) is 11.8 Å². The number of anilines is 1. The molecule has 1 saturated heterocycles. The van der Waals surface area contributed by atoms with Crippen molar-refractivity contribution >= 4 is 44.2 Å². The van der Waals surface area contributed by atoms with Crippen molar-refractivity contribution < 1.29 is 18.0 Å². The highest BCUT2D eigenvalue weighted by Gasteiger charge is 2.32. The van der Waals surface area contributed by atoms with E-state index >= 15 is 0 Å². The topological polar surface area (TPSA) is 125 Å². The van der Waals surface area contributed by atoms with Crippen molar-refractivity contribution in [1.29, 1.82) is 5.26 Å². The summed E-state index contributed by atoms with van der Waals surface area (Å²) in [6, 6.07) is 19.8. The molecule has 0 radical (unpaired) electrons. The van der Waals surface area contributed by atoms with Crippen LogP contribution < -0.4 is 16.4 Å². The van der Waals surface area contributed by atoms with E-state index < -0.39 is 18.5 Å². The number of aromatic nitrogens is 3. The number of alkyl halides is 3. The second kappa shape index (κ2) is 13.7. The second-order valence-electron chi connectivity index (χ2n) is 12.0. The predicted octanol–water partition coefficient (Wildman–Crippen LogP) is 5.30. The number of rotatable bonds is 11. The molecule has 1 amide bonds. The SMILES string of the molecule is Cc1c(CN2CC[C@@H](Nc3ncnc4sc(CC(F)(F)F)cc34)[C@H](NCCc3ccccc3)C2)ccc2c1cc(C#N)n2CC(N)=O. The molecule has 0 bridgehead atoms. The Morgan fingerprint density at radius 1 is 1.13 bits per heavy atom. The molecule has 0 unspecified atom stereocenters. The van der Waals surface area contributed by atoms with Crippen LogP contribution in [0.1, 0.15) is 33.7 Å². The first-order valence-corrected chi connectivity index (χ1v) is 16.3. The van der Waals surface area contributed by atoms with Crippen LogP contribution in [0.25, 0.3) is 21.1 Å². The van der Waals surface area contributed by atoms with Crippen LogP contribution in [0.4, 0.5) is 19.0 Å². The molecule has 47 heavy (non-hydrogen) atoms. The van der Waals surface area contributed by atoms with E-state index in [-0.39, 0.29) is 23.5 Å². The Kier molecular flexibility index (Phi) is 9.45. The number of likely N-dealkylation sites (tertiary alicyclic amines) is 1. The minimum Gasteiger partial charge on any atom is -0.368 e. The van der Waals surface area contributed by atoms with E-state index in [0.29, 0.717) is 28.3 Å². The smallest absolute Gasteiger partial charge is 0.368 e. The van der Waals surface area contributed by atoms with Crippen molar-refractivity contribution in [3.05, 3.63) is 88.2 Å². The zero-order valence-corrected chi connectivity index (χ0v) is 26.7. The number of primary amides is 1. The van der Waals surface area contributed by atoms with Crippen molar-refractivity contribution in [2.75, 3.05) is 25.0 Å². The van der Waals surface area contributed by atoms with Gasteiger partial charge in [0.15, 0.2) is 0 Å². The lowest BCUT2D eigenvalue weighted by Crippen LogP contribution is -2.56. The zero-order valence-electron chi connectivity index (χ0n) is 25.8. The molecule has 3 aromatic heterocycles. The van der Waals surface area contributed by atoms with Crippen molar-refractivity contribution in [3.8, 4) is 6.07 Å². The molecule has 2 atom stereocenters. The number of hydrogen-bond donors (Lipinski definition) is 3. The molecule has 4 heterocycles. The first-order chi connectivity index (χ1) is 22.6. The molecule has 1 aliphatic rings. The third-order valence-electron chi connectivity index (χ3n) is 8.73. The summed E-state index contributed by atoms with van der Waals surface area (Å²) >= 11 is 1.05. The number of amides is 1. The minimum absolute atomic E-state index is 0.0179. The van der Waals surface area contributed by atoms with Crippen molar-refractivity contribution in [1.82, 2.24) is 24.8 Å². The molecule has 4 N–H and O–H groups in total. The van der Waals surface area contributed by atoms with E-state index in [2.05, 4.69) is 43.7 Å². The number of nitrogens with one attached hydrogen (secondary N) is 2. The van der Waals surface area contributed by atoms with Gasteiger partial charge in [0.2, 0.25) is 5.91 Å². The second-order valence-corrected chi connectivity index (χ2v) is 13.1. The molecule has 0 saturated carbocycles. The number of nitrogens with zero attached hydrogens (tertiary/aromatic N) is 5. The summed E-state index contributed by atoms with van der Waals surface area (Å²) in [5.74, 6) is 0.0366. The van der Waals surface area contributed by atoms with Gasteiger partial charge >= 0.3 is 6.18 Å². The van der Waals surface area contributed by atoms with E-state index in [4.69, 9.17) is 5.73 Å². The number of carbonyl (C=O) groups excluding carboxylic acids is 1. The van der Waals surface area contributed by atoms with Crippen LogP contribution in [0.2, 0.25) is 0 Å². The quantitative estimate of drug-likeness (QED) is 0.176. The maximum absolute atomic E-state index is 13.1. The first kappa shape index (κ1) is 32.4. The fourth-order valence-electron chi connectivity index (χ4n) is 6.42. The molecule has 13 heteroatoms. The number of fused-ring (bicyclic) bond motifs is 2. The number of nitrogens with two attached hydrogens (primary N) is 1. The first-order valence-electron chi connectivity index (χ1n) is 15.4. The van der Waals surface area contributed by atoms with Gasteiger partial charge in [0.1, 0.15) is 35.3 Å². The summed E-state index contributed by atoms with van der Waals surface area (Å²) in [6.45, 7) is 4.94. The van der Waals surface area contributed by atoms with E-state index in [1.54, 1.807) is 10.6 Å². The number of nitriles is 1. The molecule has 244 valence electrons. The van der Waals surface area contributed by atoms with E-state index in [1.165, 1.54) is 11.9 Å². The van der Waals surface area contributed by atoms with Crippen LogP contribution in [0.3, 0.4) is 0 Å². The molecule has 2 aromatic carbocycles. The van der Waals surface area contributed by atoms with Crippen molar-refractivity contribution in [2.45, 2.75) is 57.5 Å². The van der Waals surface area contributed by atoms with Gasteiger partial charge in [-0.3, -0.25) is 9.69 Å². The van der Waals surface area contributed by atoms with Gasteiger partial charge in [-0.1, -0.05) is 36.4 Å².